The summed E-state index contributed by atoms with van der Waals surface area (Å²) in [7, 11) is 0. The molecule has 1 amide bonds. The number of benzene rings is 1. The Bertz CT molecular complexity index is 582. The highest BCUT2D eigenvalue weighted by Gasteiger charge is 2.28. The Balaban J connectivity index is 2.19. The molecule has 21 heavy (non-hydrogen) atoms. The van der Waals surface area contributed by atoms with E-state index in [1.54, 1.807) is 12.1 Å². The summed E-state index contributed by atoms with van der Waals surface area (Å²) in [6, 6.07) is 4.55. The second kappa shape index (κ2) is 6.73. The summed E-state index contributed by atoms with van der Waals surface area (Å²) in [5.41, 5.74) is 5.92. The Labute approximate surface area is 125 Å². The summed E-state index contributed by atoms with van der Waals surface area (Å²) in [5.74, 6) is 5.29. The van der Waals surface area contributed by atoms with Gasteiger partial charge in [-0.3, -0.25) is 4.79 Å². The molecule has 0 saturated heterocycles. The van der Waals surface area contributed by atoms with Crippen LogP contribution >= 0.6 is 0 Å². The monoisotopic (exact) mass is 288 g/mol. The van der Waals surface area contributed by atoms with Gasteiger partial charge in [-0.15, -0.1) is 0 Å². The molecule has 0 aromatic heterocycles. The van der Waals surface area contributed by atoms with Crippen molar-refractivity contribution in [1.29, 1.82) is 0 Å². The topological polar surface area (TPSA) is 46.3 Å². The summed E-state index contributed by atoms with van der Waals surface area (Å²) in [6.45, 7) is 4.91. The van der Waals surface area contributed by atoms with Crippen molar-refractivity contribution in [1.82, 2.24) is 4.90 Å². The molecular weight excluding hydrogens is 267 g/mol. The third-order valence-corrected chi connectivity index (χ3v) is 3.58. The summed E-state index contributed by atoms with van der Waals surface area (Å²) in [4.78, 5) is 14.3. The lowest BCUT2D eigenvalue weighted by Crippen LogP contribution is -2.38. The van der Waals surface area contributed by atoms with Gasteiger partial charge >= 0.3 is 0 Å². The smallest absolute Gasteiger partial charge is 0.254 e. The van der Waals surface area contributed by atoms with Crippen LogP contribution in [0.2, 0.25) is 0 Å². The Morgan fingerprint density at radius 3 is 2.71 bits per heavy atom. The van der Waals surface area contributed by atoms with Gasteiger partial charge in [0.1, 0.15) is 5.82 Å². The number of hydrogen-bond acceptors (Lipinski definition) is 2. The van der Waals surface area contributed by atoms with E-state index < -0.39 is 5.82 Å². The molecule has 0 spiro atoms. The van der Waals surface area contributed by atoms with Crippen molar-refractivity contribution in [3.63, 3.8) is 0 Å². The first kappa shape index (κ1) is 15.5. The van der Waals surface area contributed by atoms with Gasteiger partial charge in [-0.25, -0.2) is 4.39 Å². The molecule has 0 bridgehead atoms. The molecule has 1 aliphatic rings. The first-order valence-electron chi connectivity index (χ1n) is 7.32. The molecule has 1 aliphatic carbocycles. The molecule has 1 saturated carbocycles. The summed E-state index contributed by atoms with van der Waals surface area (Å²) in [6.07, 6.45) is 2.36. The average Bonchev–Trinajstić information content (AvgIpc) is 3.26. The number of amides is 1. The average molecular weight is 288 g/mol. The van der Waals surface area contributed by atoms with E-state index in [1.165, 1.54) is 18.9 Å². The molecule has 2 rings (SSSR count). The van der Waals surface area contributed by atoms with Crippen LogP contribution in [0.3, 0.4) is 0 Å². The van der Waals surface area contributed by atoms with E-state index in [-0.39, 0.29) is 24.1 Å². The minimum atomic E-state index is -0.475. The fourth-order valence-electron chi connectivity index (χ4n) is 2.17. The van der Waals surface area contributed by atoms with Gasteiger partial charge in [0.15, 0.2) is 0 Å². The van der Waals surface area contributed by atoms with E-state index in [9.17, 15) is 9.18 Å². The van der Waals surface area contributed by atoms with Gasteiger partial charge in [-0.1, -0.05) is 11.8 Å². The number of hydrogen-bond donors (Lipinski definition) is 1. The fraction of sp³-hybridized carbons (Fsp3) is 0.471. The van der Waals surface area contributed by atoms with Crippen LogP contribution in [-0.4, -0.2) is 29.9 Å². The third kappa shape index (κ3) is 4.05. The van der Waals surface area contributed by atoms with E-state index in [4.69, 9.17) is 5.73 Å². The lowest BCUT2D eigenvalue weighted by atomic mass is 10.1. The van der Waals surface area contributed by atoms with Gasteiger partial charge in [0.25, 0.3) is 5.91 Å². The van der Waals surface area contributed by atoms with E-state index in [2.05, 4.69) is 11.8 Å². The predicted octanol–water partition coefficient (Wildman–Crippen LogP) is 2.40. The lowest BCUT2D eigenvalue weighted by Gasteiger charge is -2.27. The van der Waals surface area contributed by atoms with Crippen LogP contribution in [0.4, 0.5) is 4.39 Å². The van der Waals surface area contributed by atoms with E-state index >= 15 is 0 Å². The maximum absolute atomic E-state index is 14.0. The largest absolute Gasteiger partial charge is 0.336 e. The first-order valence-corrected chi connectivity index (χ1v) is 7.32. The van der Waals surface area contributed by atoms with Gasteiger partial charge in [0.2, 0.25) is 0 Å². The van der Waals surface area contributed by atoms with Gasteiger partial charge in [-0.2, -0.15) is 0 Å². The van der Waals surface area contributed by atoms with Gasteiger partial charge in [0.05, 0.1) is 12.1 Å². The zero-order valence-corrected chi connectivity index (χ0v) is 12.5. The van der Waals surface area contributed by atoms with Crippen molar-refractivity contribution in [2.45, 2.75) is 32.7 Å². The van der Waals surface area contributed by atoms with Crippen LogP contribution in [-0.2, 0) is 0 Å². The van der Waals surface area contributed by atoms with Crippen molar-refractivity contribution < 1.29 is 9.18 Å². The molecular formula is C17H21FN2O. The SMILES string of the molecule is CC(C)N(CC1CC1)C(=O)c1ccc(C#CCN)c(F)c1. The highest BCUT2D eigenvalue weighted by molar-refractivity contribution is 5.94. The fourth-order valence-corrected chi connectivity index (χ4v) is 2.17. The molecule has 4 heteroatoms. The molecule has 0 atom stereocenters. The minimum Gasteiger partial charge on any atom is -0.336 e. The molecule has 0 aliphatic heterocycles. The summed E-state index contributed by atoms with van der Waals surface area (Å²) < 4.78 is 14.0. The van der Waals surface area contributed by atoms with Crippen LogP contribution in [0.25, 0.3) is 0 Å². The Hall–Kier alpha value is -1.86. The van der Waals surface area contributed by atoms with E-state index in [0.29, 0.717) is 11.5 Å². The molecule has 2 N–H and O–H groups in total. The zero-order chi connectivity index (χ0) is 15.4. The van der Waals surface area contributed by atoms with Crippen molar-refractivity contribution in [2.24, 2.45) is 11.7 Å². The molecule has 1 fully saturated rings. The summed E-state index contributed by atoms with van der Waals surface area (Å²) >= 11 is 0. The maximum Gasteiger partial charge on any atom is 0.254 e. The first-order chi connectivity index (χ1) is 10.0. The minimum absolute atomic E-state index is 0.109. The molecule has 1 aromatic rings. The third-order valence-electron chi connectivity index (χ3n) is 3.58. The highest BCUT2D eigenvalue weighted by Crippen LogP contribution is 2.30. The molecule has 0 unspecified atom stereocenters. The lowest BCUT2D eigenvalue weighted by molar-refractivity contribution is 0.0695. The normalized spacial score (nSPS) is 13.8. The number of halogens is 1. The molecule has 0 heterocycles. The van der Waals surface area contributed by atoms with Crippen molar-refractivity contribution in [3.05, 3.63) is 35.1 Å². The number of carbonyl (C=O) groups excluding carboxylic acids is 1. The van der Waals surface area contributed by atoms with Crippen LogP contribution < -0.4 is 5.73 Å². The quantitative estimate of drug-likeness (QED) is 0.865. The maximum atomic E-state index is 14.0. The molecule has 112 valence electrons. The van der Waals surface area contributed by atoms with Crippen LogP contribution in [0.15, 0.2) is 18.2 Å². The van der Waals surface area contributed by atoms with Crippen molar-refractivity contribution in [2.75, 3.05) is 13.1 Å². The summed E-state index contributed by atoms with van der Waals surface area (Å²) in [5, 5.41) is 0. The predicted molar refractivity (Wildman–Crippen MR) is 81.2 cm³/mol. The molecule has 0 radical (unpaired) electrons. The van der Waals surface area contributed by atoms with E-state index in [0.717, 1.165) is 6.54 Å². The van der Waals surface area contributed by atoms with Crippen LogP contribution in [0.5, 0.6) is 0 Å². The standard InChI is InChI=1S/C17H21FN2O/c1-12(2)20(11-13-5-6-13)17(21)15-8-7-14(4-3-9-19)16(18)10-15/h7-8,10,12-13H,5-6,9,11,19H2,1-2H3. The number of nitrogens with zero attached hydrogens (tertiary/aromatic N) is 1. The van der Waals surface area contributed by atoms with Gasteiger partial charge in [0, 0.05) is 18.2 Å². The second-order valence-corrected chi connectivity index (χ2v) is 5.70. The van der Waals surface area contributed by atoms with Gasteiger partial charge in [-0.05, 0) is 50.8 Å². The second-order valence-electron chi connectivity index (χ2n) is 5.70. The van der Waals surface area contributed by atoms with E-state index in [1.807, 2.05) is 18.7 Å². The molecule has 3 nitrogen and oxygen atoms in total. The van der Waals surface area contributed by atoms with Crippen molar-refractivity contribution >= 4 is 5.91 Å². The van der Waals surface area contributed by atoms with Crippen LogP contribution in [0, 0.1) is 23.6 Å². The zero-order valence-electron chi connectivity index (χ0n) is 12.5. The van der Waals surface area contributed by atoms with Crippen molar-refractivity contribution in [3.8, 4) is 11.8 Å². The van der Waals surface area contributed by atoms with Gasteiger partial charge < -0.3 is 10.6 Å². The Morgan fingerprint density at radius 1 is 1.48 bits per heavy atom. The number of carbonyl (C=O) groups is 1. The number of nitrogens with two attached hydrogens (primary N) is 1. The Morgan fingerprint density at radius 2 is 2.19 bits per heavy atom. The Kier molecular flexibility index (Phi) is 4.98. The number of rotatable bonds is 4. The highest BCUT2D eigenvalue weighted by atomic mass is 19.1. The van der Waals surface area contributed by atoms with Crippen LogP contribution in [0.1, 0.15) is 42.6 Å². The molecule has 1 aromatic carbocycles.